The summed E-state index contributed by atoms with van der Waals surface area (Å²) in [4.78, 5) is 17.5. The first-order valence-electron chi connectivity index (χ1n) is 10.4. The zero-order valence-corrected chi connectivity index (χ0v) is 17.2. The van der Waals surface area contributed by atoms with E-state index < -0.39 is 6.10 Å². The molecule has 1 fully saturated rings. The molecule has 0 spiro atoms. The van der Waals surface area contributed by atoms with Crippen LogP contribution in [0.2, 0.25) is 0 Å². The molecule has 1 amide bonds. The highest BCUT2D eigenvalue weighted by molar-refractivity contribution is 5.98. The van der Waals surface area contributed by atoms with Gasteiger partial charge in [0.05, 0.1) is 23.4 Å². The zero-order valence-electron chi connectivity index (χ0n) is 17.2. The van der Waals surface area contributed by atoms with Crippen LogP contribution in [-0.4, -0.2) is 44.7 Å². The van der Waals surface area contributed by atoms with Crippen LogP contribution < -0.4 is 14.8 Å². The minimum absolute atomic E-state index is 0.0887. The maximum atomic E-state index is 12.9. The highest BCUT2D eigenvalue weighted by Crippen LogP contribution is 2.37. The largest absolute Gasteiger partial charge is 0.454 e. The minimum atomic E-state index is -0.499. The van der Waals surface area contributed by atoms with Crippen LogP contribution in [0.3, 0.4) is 0 Å². The molecular weight excluding hydrogens is 396 g/mol. The molecule has 8 nitrogen and oxygen atoms in total. The van der Waals surface area contributed by atoms with Gasteiger partial charge in [-0.3, -0.25) is 14.5 Å². The third-order valence-corrected chi connectivity index (χ3v) is 5.78. The van der Waals surface area contributed by atoms with Crippen molar-refractivity contribution in [1.29, 1.82) is 0 Å². The third-order valence-electron chi connectivity index (χ3n) is 5.78. The Morgan fingerprint density at radius 2 is 2.10 bits per heavy atom. The number of hydrogen-bond donors (Lipinski definition) is 2. The normalized spacial score (nSPS) is 19.5. The van der Waals surface area contributed by atoms with Crippen molar-refractivity contribution in [3.8, 4) is 22.9 Å². The van der Waals surface area contributed by atoms with E-state index in [4.69, 9.17) is 9.47 Å². The number of amides is 1. The van der Waals surface area contributed by atoms with Crippen LogP contribution in [0.15, 0.2) is 42.7 Å². The van der Waals surface area contributed by atoms with Crippen molar-refractivity contribution in [2.75, 3.05) is 6.79 Å². The number of benzene rings is 1. The molecule has 1 aromatic carbocycles. The molecule has 8 heteroatoms. The van der Waals surface area contributed by atoms with Gasteiger partial charge in [-0.25, -0.2) is 0 Å². The van der Waals surface area contributed by atoms with E-state index in [1.54, 1.807) is 4.68 Å². The Morgan fingerprint density at radius 3 is 2.81 bits per heavy atom. The Labute approximate surface area is 179 Å². The van der Waals surface area contributed by atoms with Gasteiger partial charge in [0, 0.05) is 19.4 Å². The number of aryl methyl sites for hydroxylation is 1. The van der Waals surface area contributed by atoms with Crippen LogP contribution in [-0.2, 0) is 13.5 Å². The summed E-state index contributed by atoms with van der Waals surface area (Å²) in [6.45, 7) is 0.0887. The predicted octanol–water partition coefficient (Wildman–Crippen LogP) is 2.44. The molecule has 3 aromatic rings. The number of aromatic nitrogens is 3. The fourth-order valence-electron chi connectivity index (χ4n) is 4.16. The number of pyridine rings is 1. The highest BCUT2D eigenvalue weighted by atomic mass is 16.7. The Bertz CT molecular complexity index is 1110. The number of aliphatic hydroxyl groups excluding tert-OH is 1. The number of carbonyl (C=O) groups is 1. The van der Waals surface area contributed by atoms with Crippen LogP contribution in [0.4, 0.5) is 0 Å². The Morgan fingerprint density at radius 1 is 1.19 bits per heavy atom. The van der Waals surface area contributed by atoms with Crippen molar-refractivity contribution in [3.63, 3.8) is 0 Å². The number of carbonyl (C=O) groups excluding carboxylic acids is 1. The summed E-state index contributed by atoms with van der Waals surface area (Å²) in [5, 5.41) is 17.4. The second-order valence-corrected chi connectivity index (χ2v) is 8.06. The van der Waals surface area contributed by atoms with Crippen LogP contribution in [0, 0.1) is 0 Å². The number of nitrogens with zero attached hydrogens (tertiary/aromatic N) is 3. The molecule has 0 saturated heterocycles. The maximum absolute atomic E-state index is 12.9. The van der Waals surface area contributed by atoms with Crippen LogP contribution in [0.5, 0.6) is 11.5 Å². The van der Waals surface area contributed by atoms with Gasteiger partial charge in [0.25, 0.3) is 5.91 Å². The van der Waals surface area contributed by atoms with Gasteiger partial charge in [0.15, 0.2) is 11.5 Å². The van der Waals surface area contributed by atoms with E-state index >= 15 is 0 Å². The van der Waals surface area contributed by atoms with Crippen LogP contribution >= 0.6 is 0 Å². The number of aliphatic hydroxyl groups is 1. The molecule has 1 aliphatic heterocycles. The first-order chi connectivity index (χ1) is 15.1. The summed E-state index contributed by atoms with van der Waals surface area (Å²) >= 11 is 0. The molecule has 5 rings (SSSR count). The van der Waals surface area contributed by atoms with Crippen molar-refractivity contribution < 1.29 is 19.4 Å². The Kier molecular flexibility index (Phi) is 5.07. The maximum Gasteiger partial charge on any atom is 0.255 e. The zero-order chi connectivity index (χ0) is 21.4. The molecule has 0 bridgehead atoms. The lowest BCUT2D eigenvalue weighted by Gasteiger charge is -2.17. The predicted molar refractivity (Wildman–Crippen MR) is 113 cm³/mol. The van der Waals surface area contributed by atoms with E-state index in [1.165, 1.54) is 0 Å². The molecule has 1 saturated carbocycles. The number of ether oxygens (including phenoxy) is 2. The second-order valence-electron chi connectivity index (χ2n) is 8.06. The molecule has 0 radical (unpaired) electrons. The summed E-state index contributed by atoms with van der Waals surface area (Å²) in [6, 6.07) is 9.38. The molecule has 160 valence electrons. The molecule has 31 heavy (non-hydrogen) atoms. The molecule has 0 unspecified atom stereocenters. The van der Waals surface area contributed by atoms with Gasteiger partial charge in [0.1, 0.15) is 5.69 Å². The number of fused-ring (bicyclic) bond motifs is 1. The summed E-state index contributed by atoms with van der Waals surface area (Å²) in [7, 11) is 1.87. The molecular formula is C23H24N4O4. The van der Waals surface area contributed by atoms with Crippen molar-refractivity contribution in [2.24, 2.45) is 7.05 Å². The summed E-state index contributed by atoms with van der Waals surface area (Å²) in [5.74, 6) is 0.767. The molecule has 2 aromatic heterocycles. The first kappa shape index (κ1) is 19.6. The van der Waals surface area contributed by atoms with Gasteiger partial charge in [-0.2, -0.15) is 5.10 Å². The third kappa shape index (κ3) is 3.98. The van der Waals surface area contributed by atoms with Crippen molar-refractivity contribution in [1.82, 2.24) is 20.1 Å². The van der Waals surface area contributed by atoms with Gasteiger partial charge in [-0.15, -0.1) is 0 Å². The summed E-state index contributed by atoms with van der Waals surface area (Å²) < 4.78 is 12.9. The molecule has 2 atom stereocenters. The lowest BCUT2D eigenvalue weighted by Crippen LogP contribution is -2.39. The quantitative estimate of drug-likeness (QED) is 0.658. The Hall–Kier alpha value is -3.39. The van der Waals surface area contributed by atoms with E-state index in [0.29, 0.717) is 29.9 Å². The fourth-order valence-corrected chi connectivity index (χ4v) is 4.16. The SMILES string of the molecule is Cn1ccc(-c2ccc(Cc3cc4c(c(C(=O)N[C@H]5CCC[C@@H]5O)c3)OCO4)cn2)n1. The Balaban J connectivity index is 1.37. The van der Waals surface area contributed by atoms with E-state index in [2.05, 4.69) is 15.4 Å². The van der Waals surface area contributed by atoms with Gasteiger partial charge < -0.3 is 19.9 Å². The standard InChI is InChI=1S/C23H24N4O4/c1-27-8-7-18(26-27)17-6-5-14(12-24-17)9-15-10-16(22-21(11-15)30-13-31-22)23(29)25-19-3-2-4-20(19)28/h5-8,10-12,19-20,28H,2-4,9,13H2,1H3,(H,25,29)/t19-,20-/m0/s1. The van der Waals surface area contributed by atoms with Gasteiger partial charge in [0.2, 0.25) is 6.79 Å². The van der Waals surface area contributed by atoms with Crippen molar-refractivity contribution >= 4 is 5.91 Å². The number of rotatable bonds is 5. The summed E-state index contributed by atoms with van der Waals surface area (Å²) in [6.07, 6.45) is 6.20. The van der Waals surface area contributed by atoms with Crippen molar-refractivity contribution in [3.05, 3.63) is 59.4 Å². The lowest BCUT2D eigenvalue weighted by molar-refractivity contribution is 0.0869. The average molecular weight is 420 g/mol. The van der Waals surface area contributed by atoms with E-state index in [0.717, 1.165) is 35.4 Å². The molecule has 2 N–H and O–H groups in total. The molecule has 3 heterocycles. The van der Waals surface area contributed by atoms with Gasteiger partial charge >= 0.3 is 0 Å². The van der Waals surface area contributed by atoms with Crippen LogP contribution in [0.1, 0.15) is 40.7 Å². The van der Waals surface area contributed by atoms with Gasteiger partial charge in [-0.05, 0) is 61.1 Å². The lowest BCUT2D eigenvalue weighted by atomic mass is 10.0. The highest BCUT2D eigenvalue weighted by Gasteiger charge is 2.30. The van der Waals surface area contributed by atoms with E-state index in [9.17, 15) is 9.90 Å². The molecule has 2 aliphatic rings. The average Bonchev–Trinajstić information content (AvgIpc) is 3.50. The molecule has 1 aliphatic carbocycles. The first-order valence-corrected chi connectivity index (χ1v) is 10.4. The number of hydrogen-bond acceptors (Lipinski definition) is 6. The second kappa shape index (κ2) is 8.03. The smallest absolute Gasteiger partial charge is 0.255 e. The van der Waals surface area contributed by atoms with E-state index in [-0.39, 0.29) is 18.7 Å². The fraction of sp³-hybridized carbons (Fsp3) is 0.348. The monoisotopic (exact) mass is 420 g/mol. The number of nitrogens with one attached hydrogen (secondary N) is 1. The minimum Gasteiger partial charge on any atom is -0.454 e. The van der Waals surface area contributed by atoms with E-state index in [1.807, 2.05) is 49.8 Å². The summed E-state index contributed by atoms with van der Waals surface area (Å²) in [5.41, 5.74) is 4.00. The topological polar surface area (TPSA) is 98.5 Å². The van der Waals surface area contributed by atoms with Crippen LogP contribution in [0.25, 0.3) is 11.4 Å². The van der Waals surface area contributed by atoms with Gasteiger partial charge in [-0.1, -0.05) is 6.07 Å². The van der Waals surface area contributed by atoms with Crippen molar-refractivity contribution in [2.45, 2.75) is 37.8 Å².